The van der Waals surface area contributed by atoms with E-state index in [0.29, 0.717) is 6.54 Å². The summed E-state index contributed by atoms with van der Waals surface area (Å²) < 4.78 is 5.58. The Morgan fingerprint density at radius 1 is 1.29 bits per heavy atom. The largest absolute Gasteiger partial charge is 0.381 e. The second kappa shape index (κ2) is 8.56. The van der Waals surface area contributed by atoms with Crippen molar-refractivity contribution in [3.63, 3.8) is 0 Å². The van der Waals surface area contributed by atoms with Crippen LogP contribution < -0.4 is 5.73 Å². The number of benzene rings is 1. The molecule has 0 unspecified atom stereocenters. The van der Waals surface area contributed by atoms with Gasteiger partial charge in [-0.2, -0.15) is 0 Å². The van der Waals surface area contributed by atoms with Gasteiger partial charge >= 0.3 is 0 Å². The van der Waals surface area contributed by atoms with Crippen molar-refractivity contribution in [2.75, 3.05) is 19.0 Å². The van der Waals surface area contributed by atoms with Crippen LogP contribution in [0.4, 0.5) is 0 Å². The normalized spacial score (nSPS) is 11.1. The molecule has 0 fully saturated rings. The maximum absolute atomic E-state index is 5.61. The van der Waals surface area contributed by atoms with E-state index in [2.05, 4.69) is 38.1 Å². The first-order chi connectivity index (χ1) is 8.22. The summed E-state index contributed by atoms with van der Waals surface area (Å²) >= 11 is 1.83. The van der Waals surface area contributed by atoms with Crippen molar-refractivity contribution in [2.45, 2.75) is 31.7 Å². The molecule has 0 spiro atoms. The van der Waals surface area contributed by atoms with E-state index in [1.807, 2.05) is 11.8 Å². The third kappa shape index (κ3) is 6.71. The zero-order valence-electron chi connectivity index (χ0n) is 10.8. The Morgan fingerprint density at radius 2 is 2.12 bits per heavy atom. The smallest absolute Gasteiger partial charge is 0.0560 e. The fourth-order valence-corrected chi connectivity index (χ4v) is 2.25. The molecule has 17 heavy (non-hydrogen) atoms. The van der Waals surface area contributed by atoms with Crippen molar-refractivity contribution in [2.24, 2.45) is 11.7 Å². The number of ether oxygens (including phenoxy) is 1. The average molecular weight is 253 g/mol. The highest BCUT2D eigenvalue weighted by Gasteiger charge is 1.97. The van der Waals surface area contributed by atoms with E-state index in [9.17, 15) is 0 Å². The molecule has 0 aliphatic heterocycles. The number of nitrogens with two attached hydrogens (primary N) is 1. The Bertz CT molecular complexity index is 315. The van der Waals surface area contributed by atoms with Crippen LogP contribution in [0.3, 0.4) is 0 Å². The van der Waals surface area contributed by atoms with E-state index in [0.717, 1.165) is 31.3 Å². The van der Waals surface area contributed by atoms with E-state index in [1.54, 1.807) is 0 Å². The summed E-state index contributed by atoms with van der Waals surface area (Å²) in [4.78, 5) is 1.28. The van der Waals surface area contributed by atoms with Gasteiger partial charge in [0.25, 0.3) is 0 Å². The van der Waals surface area contributed by atoms with E-state index in [1.165, 1.54) is 10.5 Å². The molecular formula is C14H23NOS. The van der Waals surface area contributed by atoms with Gasteiger partial charge in [-0.25, -0.2) is 0 Å². The highest BCUT2D eigenvalue weighted by molar-refractivity contribution is 7.99. The van der Waals surface area contributed by atoms with Crippen LogP contribution in [0.15, 0.2) is 29.2 Å². The minimum Gasteiger partial charge on any atom is -0.381 e. The van der Waals surface area contributed by atoms with Crippen LogP contribution >= 0.6 is 11.8 Å². The van der Waals surface area contributed by atoms with E-state index >= 15 is 0 Å². The lowest BCUT2D eigenvalue weighted by Crippen LogP contribution is -2.02. The lowest BCUT2D eigenvalue weighted by Gasteiger charge is -2.06. The Morgan fingerprint density at radius 3 is 2.82 bits per heavy atom. The molecule has 0 atom stereocenters. The van der Waals surface area contributed by atoms with Crippen LogP contribution in [0.5, 0.6) is 0 Å². The van der Waals surface area contributed by atoms with Gasteiger partial charge in [0, 0.05) is 23.8 Å². The fourth-order valence-electron chi connectivity index (χ4n) is 1.40. The van der Waals surface area contributed by atoms with Crippen LogP contribution in [0, 0.1) is 5.92 Å². The molecule has 0 bridgehead atoms. The molecule has 0 heterocycles. The van der Waals surface area contributed by atoms with Crippen molar-refractivity contribution in [1.29, 1.82) is 0 Å². The molecule has 0 aliphatic rings. The Balaban J connectivity index is 2.13. The predicted octanol–water partition coefficient (Wildman–Crippen LogP) is 3.30. The molecule has 1 rings (SSSR count). The summed E-state index contributed by atoms with van der Waals surface area (Å²) in [5.74, 6) is 1.73. The zero-order valence-corrected chi connectivity index (χ0v) is 11.6. The summed E-state index contributed by atoms with van der Waals surface area (Å²) in [6, 6.07) is 8.39. The van der Waals surface area contributed by atoms with Crippen molar-refractivity contribution in [3.8, 4) is 0 Å². The first-order valence-corrected chi connectivity index (χ1v) is 7.20. The molecule has 0 radical (unpaired) electrons. The molecule has 96 valence electrons. The zero-order chi connectivity index (χ0) is 12.5. The monoisotopic (exact) mass is 253 g/mol. The molecule has 3 heteroatoms. The second-order valence-corrected chi connectivity index (χ2v) is 5.66. The van der Waals surface area contributed by atoms with E-state index in [-0.39, 0.29) is 0 Å². The average Bonchev–Trinajstić information content (AvgIpc) is 2.33. The standard InChI is InChI=1S/C14H23NOS/c1-12(2)6-7-16-8-9-17-14-5-3-4-13(10-14)11-15/h3-5,10,12H,6-9,11,15H2,1-2H3. The maximum atomic E-state index is 5.61. The topological polar surface area (TPSA) is 35.2 Å². The molecule has 2 nitrogen and oxygen atoms in total. The molecule has 0 saturated heterocycles. The fraction of sp³-hybridized carbons (Fsp3) is 0.571. The highest BCUT2D eigenvalue weighted by atomic mass is 32.2. The van der Waals surface area contributed by atoms with Gasteiger partial charge in [0.15, 0.2) is 0 Å². The van der Waals surface area contributed by atoms with Gasteiger partial charge in [-0.1, -0.05) is 26.0 Å². The van der Waals surface area contributed by atoms with Crippen LogP contribution in [-0.4, -0.2) is 19.0 Å². The maximum Gasteiger partial charge on any atom is 0.0560 e. The first kappa shape index (κ1) is 14.6. The van der Waals surface area contributed by atoms with Gasteiger partial charge in [-0.05, 0) is 30.0 Å². The van der Waals surface area contributed by atoms with Crippen LogP contribution in [0.2, 0.25) is 0 Å². The Hall–Kier alpha value is -0.510. The summed E-state index contributed by atoms with van der Waals surface area (Å²) in [6.07, 6.45) is 1.15. The van der Waals surface area contributed by atoms with Crippen molar-refractivity contribution in [1.82, 2.24) is 0 Å². The molecule has 0 amide bonds. The van der Waals surface area contributed by atoms with Gasteiger partial charge in [-0.15, -0.1) is 11.8 Å². The van der Waals surface area contributed by atoms with Crippen molar-refractivity contribution in [3.05, 3.63) is 29.8 Å². The van der Waals surface area contributed by atoms with Gasteiger partial charge < -0.3 is 10.5 Å². The SMILES string of the molecule is CC(C)CCOCCSc1cccc(CN)c1. The molecule has 1 aromatic rings. The summed E-state index contributed by atoms with van der Waals surface area (Å²) in [5.41, 5.74) is 6.80. The Kier molecular flexibility index (Phi) is 7.33. The number of thioether (sulfide) groups is 1. The third-order valence-corrected chi connectivity index (χ3v) is 3.43. The second-order valence-electron chi connectivity index (χ2n) is 4.49. The lowest BCUT2D eigenvalue weighted by atomic mass is 10.1. The van der Waals surface area contributed by atoms with Gasteiger partial charge in [-0.3, -0.25) is 0 Å². The molecule has 0 saturated carbocycles. The lowest BCUT2D eigenvalue weighted by molar-refractivity contribution is 0.138. The quantitative estimate of drug-likeness (QED) is 0.570. The highest BCUT2D eigenvalue weighted by Crippen LogP contribution is 2.18. The number of hydrogen-bond acceptors (Lipinski definition) is 3. The van der Waals surface area contributed by atoms with Crippen LogP contribution in [-0.2, 0) is 11.3 Å². The van der Waals surface area contributed by atoms with E-state index in [4.69, 9.17) is 10.5 Å². The van der Waals surface area contributed by atoms with Crippen molar-refractivity contribution < 1.29 is 4.74 Å². The first-order valence-electron chi connectivity index (χ1n) is 6.22. The van der Waals surface area contributed by atoms with Crippen LogP contribution in [0.1, 0.15) is 25.8 Å². The van der Waals surface area contributed by atoms with Crippen LogP contribution in [0.25, 0.3) is 0 Å². The minimum atomic E-state index is 0.610. The van der Waals surface area contributed by atoms with Crippen molar-refractivity contribution >= 4 is 11.8 Å². The number of hydrogen-bond donors (Lipinski definition) is 1. The minimum absolute atomic E-state index is 0.610. The van der Waals surface area contributed by atoms with Gasteiger partial charge in [0.2, 0.25) is 0 Å². The Labute approximate surface area is 109 Å². The molecule has 2 N–H and O–H groups in total. The molecule has 1 aromatic carbocycles. The summed E-state index contributed by atoms with van der Waals surface area (Å²) in [5, 5.41) is 0. The number of rotatable bonds is 8. The predicted molar refractivity (Wildman–Crippen MR) is 75.3 cm³/mol. The molecular weight excluding hydrogens is 230 g/mol. The molecule has 0 aliphatic carbocycles. The molecule has 0 aromatic heterocycles. The van der Waals surface area contributed by atoms with Gasteiger partial charge in [0.1, 0.15) is 0 Å². The van der Waals surface area contributed by atoms with Gasteiger partial charge in [0.05, 0.1) is 6.61 Å². The third-order valence-electron chi connectivity index (χ3n) is 2.47. The van der Waals surface area contributed by atoms with E-state index < -0.39 is 0 Å². The summed E-state index contributed by atoms with van der Waals surface area (Å²) in [6.45, 7) is 6.75. The summed E-state index contributed by atoms with van der Waals surface area (Å²) in [7, 11) is 0.